The summed E-state index contributed by atoms with van der Waals surface area (Å²) >= 11 is 0. The summed E-state index contributed by atoms with van der Waals surface area (Å²) in [6.07, 6.45) is 1.50. The number of benzene rings is 2. The Bertz CT molecular complexity index is 630. The van der Waals surface area contributed by atoms with Gasteiger partial charge in [0.2, 0.25) is 6.79 Å². The highest BCUT2D eigenvalue weighted by Crippen LogP contribution is 2.32. The number of aliphatic hydroxyl groups is 1. The Labute approximate surface area is 137 Å². The molecule has 122 valence electrons. The monoisotopic (exact) mass is 313 g/mol. The van der Waals surface area contributed by atoms with Gasteiger partial charge in [0.25, 0.3) is 0 Å². The molecule has 2 N–H and O–H groups in total. The summed E-state index contributed by atoms with van der Waals surface area (Å²) in [7, 11) is 0. The van der Waals surface area contributed by atoms with Crippen LogP contribution in [0, 0.1) is 0 Å². The van der Waals surface area contributed by atoms with E-state index in [9.17, 15) is 5.11 Å². The predicted molar refractivity (Wildman–Crippen MR) is 89.8 cm³/mol. The van der Waals surface area contributed by atoms with E-state index in [-0.39, 0.29) is 0 Å². The Morgan fingerprint density at radius 2 is 1.87 bits per heavy atom. The Morgan fingerprint density at radius 3 is 2.70 bits per heavy atom. The van der Waals surface area contributed by atoms with Gasteiger partial charge in [0.15, 0.2) is 11.5 Å². The van der Waals surface area contributed by atoms with Gasteiger partial charge in [-0.05, 0) is 43.0 Å². The van der Waals surface area contributed by atoms with E-state index >= 15 is 0 Å². The lowest BCUT2D eigenvalue weighted by molar-refractivity contribution is 0.170. The summed E-state index contributed by atoms with van der Waals surface area (Å²) in [6.45, 7) is 3.02. The molecule has 23 heavy (non-hydrogen) atoms. The molecule has 3 rings (SSSR count). The van der Waals surface area contributed by atoms with E-state index in [0.29, 0.717) is 19.4 Å². The van der Waals surface area contributed by atoms with Crippen molar-refractivity contribution < 1.29 is 14.6 Å². The molecular formula is C19H23NO3. The fraction of sp³-hybridized carbons (Fsp3) is 0.368. The average Bonchev–Trinajstić information content (AvgIpc) is 3.06. The molecule has 1 aliphatic heterocycles. The number of hydrogen-bond donors (Lipinski definition) is 2. The number of ether oxygens (including phenoxy) is 2. The molecule has 0 bridgehead atoms. The number of aliphatic hydroxyl groups excluding tert-OH is 1. The maximum Gasteiger partial charge on any atom is 0.231 e. The van der Waals surface area contributed by atoms with Crippen molar-refractivity contribution in [3.8, 4) is 11.5 Å². The van der Waals surface area contributed by atoms with E-state index < -0.39 is 6.10 Å². The Hall–Kier alpha value is -2.04. The third kappa shape index (κ3) is 4.24. The molecule has 0 spiro atoms. The van der Waals surface area contributed by atoms with Crippen LogP contribution in [-0.4, -0.2) is 24.5 Å². The molecule has 4 heteroatoms. The number of fused-ring (bicyclic) bond motifs is 1. The first-order chi connectivity index (χ1) is 11.2. The van der Waals surface area contributed by atoms with E-state index in [1.807, 2.05) is 42.5 Å². The number of nitrogens with one attached hydrogen (secondary N) is 1. The first kappa shape index (κ1) is 15.8. The largest absolute Gasteiger partial charge is 0.454 e. The fourth-order valence-electron chi connectivity index (χ4n) is 2.69. The average molecular weight is 313 g/mol. The predicted octanol–water partition coefficient (Wildman–Crippen LogP) is 3.06. The lowest BCUT2D eigenvalue weighted by Gasteiger charge is -2.17. The van der Waals surface area contributed by atoms with E-state index in [2.05, 4.69) is 18.3 Å². The van der Waals surface area contributed by atoms with Crippen LogP contribution in [-0.2, 0) is 6.42 Å². The molecule has 0 saturated carbocycles. The van der Waals surface area contributed by atoms with E-state index in [0.717, 1.165) is 29.9 Å². The zero-order valence-corrected chi connectivity index (χ0v) is 13.4. The van der Waals surface area contributed by atoms with Crippen LogP contribution in [0.2, 0.25) is 0 Å². The van der Waals surface area contributed by atoms with E-state index in [4.69, 9.17) is 9.47 Å². The minimum Gasteiger partial charge on any atom is -0.454 e. The smallest absolute Gasteiger partial charge is 0.231 e. The second-order valence-electron chi connectivity index (χ2n) is 5.96. The first-order valence-electron chi connectivity index (χ1n) is 8.07. The van der Waals surface area contributed by atoms with Crippen LogP contribution in [0.3, 0.4) is 0 Å². The summed E-state index contributed by atoms with van der Waals surface area (Å²) in [5.74, 6) is 1.66. The summed E-state index contributed by atoms with van der Waals surface area (Å²) in [5.41, 5.74) is 2.19. The second-order valence-corrected chi connectivity index (χ2v) is 5.96. The molecule has 2 atom stereocenters. The zero-order chi connectivity index (χ0) is 16.1. The molecule has 0 aliphatic carbocycles. The molecule has 1 aliphatic rings. The topological polar surface area (TPSA) is 50.7 Å². The minimum absolute atomic E-state index is 0.314. The van der Waals surface area contributed by atoms with Crippen molar-refractivity contribution in [2.75, 3.05) is 13.3 Å². The van der Waals surface area contributed by atoms with E-state index in [1.165, 1.54) is 5.56 Å². The van der Waals surface area contributed by atoms with Gasteiger partial charge in [0.1, 0.15) is 0 Å². The first-order valence-corrected chi connectivity index (χ1v) is 8.07. The molecule has 4 nitrogen and oxygen atoms in total. The van der Waals surface area contributed by atoms with Crippen molar-refractivity contribution in [1.29, 1.82) is 0 Å². The number of aryl methyl sites for hydroxylation is 1. The van der Waals surface area contributed by atoms with Crippen LogP contribution in [0.15, 0.2) is 48.5 Å². The van der Waals surface area contributed by atoms with Gasteiger partial charge in [-0.25, -0.2) is 0 Å². The second kappa shape index (κ2) is 7.49. The summed E-state index contributed by atoms with van der Waals surface area (Å²) in [6, 6.07) is 16.2. The van der Waals surface area contributed by atoms with Crippen LogP contribution in [0.5, 0.6) is 11.5 Å². The van der Waals surface area contributed by atoms with Gasteiger partial charge in [-0.3, -0.25) is 0 Å². The standard InChI is InChI=1S/C19H23NO3/c1-14(20-12-17(21)16-5-3-2-4-6-16)7-8-15-9-10-18-19(11-15)23-13-22-18/h2-6,9-11,14,17,20-21H,7-8,12-13H2,1H3. The van der Waals surface area contributed by atoms with Crippen LogP contribution in [0.1, 0.15) is 30.6 Å². The normalized spacial score (nSPS) is 15.4. The summed E-state index contributed by atoms with van der Waals surface area (Å²) < 4.78 is 10.7. The Balaban J connectivity index is 1.44. The van der Waals surface area contributed by atoms with Gasteiger partial charge in [0.05, 0.1) is 6.10 Å². The van der Waals surface area contributed by atoms with Gasteiger partial charge in [-0.2, -0.15) is 0 Å². The van der Waals surface area contributed by atoms with Gasteiger partial charge in [-0.1, -0.05) is 36.4 Å². The Morgan fingerprint density at radius 1 is 1.09 bits per heavy atom. The Kier molecular flexibility index (Phi) is 5.16. The lowest BCUT2D eigenvalue weighted by atomic mass is 10.0. The van der Waals surface area contributed by atoms with Crippen molar-refractivity contribution in [2.24, 2.45) is 0 Å². The highest BCUT2D eigenvalue weighted by Gasteiger charge is 2.14. The molecule has 2 unspecified atom stereocenters. The van der Waals surface area contributed by atoms with Crippen molar-refractivity contribution >= 4 is 0 Å². The van der Waals surface area contributed by atoms with Gasteiger partial charge in [0, 0.05) is 12.6 Å². The molecule has 1 heterocycles. The maximum absolute atomic E-state index is 10.2. The van der Waals surface area contributed by atoms with Crippen molar-refractivity contribution in [2.45, 2.75) is 31.9 Å². The molecule has 0 radical (unpaired) electrons. The van der Waals surface area contributed by atoms with Crippen molar-refractivity contribution in [3.05, 3.63) is 59.7 Å². The van der Waals surface area contributed by atoms with Gasteiger partial charge < -0.3 is 19.9 Å². The van der Waals surface area contributed by atoms with Crippen LogP contribution in [0.4, 0.5) is 0 Å². The minimum atomic E-state index is -0.468. The highest BCUT2D eigenvalue weighted by molar-refractivity contribution is 5.44. The van der Waals surface area contributed by atoms with Gasteiger partial charge in [-0.15, -0.1) is 0 Å². The number of rotatable bonds is 7. The van der Waals surface area contributed by atoms with Crippen LogP contribution in [0.25, 0.3) is 0 Å². The van der Waals surface area contributed by atoms with Crippen LogP contribution >= 0.6 is 0 Å². The zero-order valence-electron chi connectivity index (χ0n) is 13.4. The van der Waals surface area contributed by atoms with Gasteiger partial charge >= 0.3 is 0 Å². The lowest BCUT2D eigenvalue weighted by Crippen LogP contribution is -2.30. The quantitative estimate of drug-likeness (QED) is 0.825. The van der Waals surface area contributed by atoms with E-state index in [1.54, 1.807) is 0 Å². The molecular weight excluding hydrogens is 290 g/mol. The SMILES string of the molecule is CC(CCc1ccc2c(c1)OCO2)NCC(O)c1ccccc1. The molecule has 2 aromatic carbocycles. The maximum atomic E-state index is 10.2. The molecule has 0 fully saturated rings. The van der Waals surface area contributed by atoms with Crippen LogP contribution < -0.4 is 14.8 Å². The highest BCUT2D eigenvalue weighted by atomic mass is 16.7. The summed E-state index contributed by atoms with van der Waals surface area (Å²) in [5, 5.41) is 13.6. The van der Waals surface area contributed by atoms with Crippen molar-refractivity contribution in [1.82, 2.24) is 5.32 Å². The third-order valence-corrected chi connectivity index (χ3v) is 4.15. The number of hydrogen-bond acceptors (Lipinski definition) is 4. The van der Waals surface area contributed by atoms with Crippen molar-refractivity contribution in [3.63, 3.8) is 0 Å². The summed E-state index contributed by atoms with van der Waals surface area (Å²) in [4.78, 5) is 0. The molecule has 0 aromatic heterocycles. The fourth-order valence-corrected chi connectivity index (χ4v) is 2.69. The molecule has 0 amide bonds. The molecule has 0 saturated heterocycles. The molecule has 2 aromatic rings. The third-order valence-electron chi connectivity index (χ3n) is 4.15.